The Bertz CT molecular complexity index is 1390. The molecule has 0 aliphatic carbocycles. The van der Waals surface area contributed by atoms with Gasteiger partial charge in [-0.05, 0) is 60.4 Å². The van der Waals surface area contributed by atoms with Crippen LogP contribution in [0.15, 0.2) is 70.9 Å². The Labute approximate surface area is 253 Å². The van der Waals surface area contributed by atoms with E-state index in [9.17, 15) is 19.2 Å². The molecule has 0 radical (unpaired) electrons. The second kappa shape index (κ2) is 16.0. The normalized spacial score (nSPS) is 11.0. The van der Waals surface area contributed by atoms with Gasteiger partial charge in [0.2, 0.25) is 23.6 Å². The van der Waals surface area contributed by atoms with Crippen molar-refractivity contribution in [3.8, 4) is 0 Å². The molecule has 10 nitrogen and oxygen atoms in total. The first kappa shape index (κ1) is 32.0. The van der Waals surface area contributed by atoms with Gasteiger partial charge in [-0.2, -0.15) is 10.2 Å². The summed E-state index contributed by atoms with van der Waals surface area (Å²) in [6.45, 7) is 3.60. The monoisotopic (exact) mass is 608 g/mol. The standard InChI is InChI=1S/C30H30Cl2N6O4/c1-19-23(31)5-3-7-25(19)35-27(39)13-15-29(41)37-33-17-21-9-11-22(12-10-21)18-34-38-30(42)16-14-28(40)36-26-8-4-6-24(32)20(26)2/h3-12,17-18H,13-16H2,1-2H3,(H,35,39)(H,36,40)(H,37,41)(H,38,42). The molecule has 0 bridgehead atoms. The molecule has 0 aromatic heterocycles. The fourth-order valence-electron chi connectivity index (χ4n) is 3.50. The van der Waals surface area contributed by atoms with Gasteiger partial charge in [-0.25, -0.2) is 10.9 Å². The molecule has 0 saturated heterocycles. The van der Waals surface area contributed by atoms with E-state index in [1.165, 1.54) is 12.4 Å². The average Bonchev–Trinajstić information content (AvgIpc) is 2.96. The van der Waals surface area contributed by atoms with Gasteiger partial charge in [0, 0.05) is 47.1 Å². The Morgan fingerprint density at radius 1 is 0.595 bits per heavy atom. The lowest BCUT2D eigenvalue weighted by Crippen LogP contribution is -2.21. The quantitative estimate of drug-likeness (QED) is 0.162. The molecular formula is C30H30Cl2N6O4. The number of nitrogens with zero attached hydrogens (tertiary/aromatic N) is 2. The molecule has 0 spiro atoms. The van der Waals surface area contributed by atoms with Crippen LogP contribution in [0.2, 0.25) is 10.0 Å². The lowest BCUT2D eigenvalue weighted by Gasteiger charge is -2.09. The van der Waals surface area contributed by atoms with Gasteiger partial charge in [0.15, 0.2) is 0 Å². The van der Waals surface area contributed by atoms with E-state index in [1.54, 1.807) is 74.5 Å². The number of hydrogen-bond acceptors (Lipinski definition) is 6. The Hall–Kier alpha value is -4.54. The second-order valence-electron chi connectivity index (χ2n) is 9.17. The summed E-state index contributed by atoms with van der Waals surface area (Å²) in [7, 11) is 0. The maximum atomic E-state index is 12.1. The zero-order valence-electron chi connectivity index (χ0n) is 23.0. The fourth-order valence-corrected chi connectivity index (χ4v) is 3.85. The maximum absolute atomic E-state index is 12.1. The van der Waals surface area contributed by atoms with Crippen LogP contribution in [-0.2, 0) is 19.2 Å². The lowest BCUT2D eigenvalue weighted by molar-refractivity contribution is -0.124. The molecule has 0 atom stereocenters. The van der Waals surface area contributed by atoms with Crippen LogP contribution in [0, 0.1) is 13.8 Å². The second-order valence-corrected chi connectivity index (χ2v) is 9.99. The number of hydrazone groups is 2. The zero-order chi connectivity index (χ0) is 30.5. The number of nitrogens with one attached hydrogen (secondary N) is 4. The van der Waals surface area contributed by atoms with E-state index in [0.717, 1.165) is 11.1 Å². The molecule has 0 unspecified atom stereocenters. The summed E-state index contributed by atoms with van der Waals surface area (Å²) in [5.41, 5.74) is 8.93. The zero-order valence-corrected chi connectivity index (χ0v) is 24.6. The van der Waals surface area contributed by atoms with Crippen molar-refractivity contribution in [3.63, 3.8) is 0 Å². The van der Waals surface area contributed by atoms with Gasteiger partial charge in [0.25, 0.3) is 0 Å². The molecular weight excluding hydrogens is 579 g/mol. The Kier molecular flexibility index (Phi) is 12.2. The van der Waals surface area contributed by atoms with Crippen molar-refractivity contribution in [3.05, 3.63) is 93.0 Å². The largest absolute Gasteiger partial charge is 0.326 e. The van der Waals surface area contributed by atoms with Crippen molar-refractivity contribution >= 4 is 70.6 Å². The van der Waals surface area contributed by atoms with Gasteiger partial charge in [-0.1, -0.05) is 59.6 Å². The number of halogens is 2. The number of rotatable bonds is 12. The summed E-state index contributed by atoms with van der Waals surface area (Å²) in [5, 5.41) is 14.4. The molecule has 42 heavy (non-hydrogen) atoms. The predicted octanol–water partition coefficient (Wildman–Crippen LogP) is 5.35. The summed E-state index contributed by atoms with van der Waals surface area (Å²) >= 11 is 12.1. The first-order chi connectivity index (χ1) is 20.1. The van der Waals surface area contributed by atoms with E-state index in [1.807, 2.05) is 0 Å². The maximum Gasteiger partial charge on any atom is 0.240 e. The van der Waals surface area contributed by atoms with Crippen LogP contribution < -0.4 is 21.5 Å². The third kappa shape index (κ3) is 10.5. The molecule has 0 fully saturated rings. The molecule has 0 saturated carbocycles. The number of amides is 4. The van der Waals surface area contributed by atoms with Crippen molar-refractivity contribution in [1.29, 1.82) is 0 Å². The summed E-state index contributed by atoms with van der Waals surface area (Å²) in [6.07, 6.45) is 2.85. The molecule has 12 heteroatoms. The molecule has 0 heterocycles. The first-order valence-electron chi connectivity index (χ1n) is 13.0. The highest BCUT2D eigenvalue weighted by Crippen LogP contribution is 2.24. The molecule has 218 valence electrons. The summed E-state index contributed by atoms with van der Waals surface area (Å²) in [4.78, 5) is 48.3. The van der Waals surface area contributed by atoms with Gasteiger partial charge < -0.3 is 10.6 Å². The number of hydrogen-bond donors (Lipinski definition) is 4. The van der Waals surface area contributed by atoms with E-state index >= 15 is 0 Å². The molecule has 3 aromatic carbocycles. The highest BCUT2D eigenvalue weighted by Gasteiger charge is 2.10. The van der Waals surface area contributed by atoms with Crippen molar-refractivity contribution in [2.45, 2.75) is 39.5 Å². The van der Waals surface area contributed by atoms with E-state index < -0.39 is 11.8 Å². The van der Waals surface area contributed by atoms with E-state index in [0.29, 0.717) is 32.5 Å². The first-order valence-corrected chi connectivity index (χ1v) is 13.7. The van der Waals surface area contributed by atoms with Gasteiger partial charge >= 0.3 is 0 Å². The third-order valence-corrected chi connectivity index (χ3v) is 6.80. The SMILES string of the molecule is Cc1c(Cl)cccc1NC(=O)CCC(=O)NN=Cc1ccc(C=NNC(=O)CCC(=O)Nc2cccc(Cl)c2C)cc1. The average molecular weight is 610 g/mol. The summed E-state index contributed by atoms with van der Waals surface area (Å²) < 4.78 is 0. The third-order valence-electron chi connectivity index (χ3n) is 5.98. The fraction of sp³-hybridized carbons (Fsp3) is 0.200. The molecule has 4 N–H and O–H groups in total. The van der Waals surface area contributed by atoms with E-state index in [4.69, 9.17) is 23.2 Å². The van der Waals surface area contributed by atoms with Crippen LogP contribution in [0.3, 0.4) is 0 Å². The highest BCUT2D eigenvalue weighted by atomic mass is 35.5. The number of benzene rings is 3. The summed E-state index contributed by atoms with van der Waals surface area (Å²) in [6, 6.07) is 17.4. The number of carbonyl (C=O) groups excluding carboxylic acids is 4. The van der Waals surface area contributed by atoms with Crippen molar-refractivity contribution in [1.82, 2.24) is 10.9 Å². The van der Waals surface area contributed by atoms with E-state index in [-0.39, 0.29) is 37.5 Å². The van der Waals surface area contributed by atoms with Crippen molar-refractivity contribution < 1.29 is 19.2 Å². The highest BCUT2D eigenvalue weighted by molar-refractivity contribution is 6.32. The molecule has 0 aliphatic rings. The van der Waals surface area contributed by atoms with Crippen LogP contribution in [0.4, 0.5) is 11.4 Å². The van der Waals surface area contributed by atoms with E-state index in [2.05, 4.69) is 31.7 Å². The minimum atomic E-state index is -0.402. The minimum absolute atomic E-state index is 0.00617. The predicted molar refractivity (Wildman–Crippen MR) is 166 cm³/mol. The van der Waals surface area contributed by atoms with Crippen LogP contribution >= 0.6 is 23.2 Å². The number of anilines is 2. The Morgan fingerprint density at radius 2 is 0.952 bits per heavy atom. The number of carbonyl (C=O) groups is 4. The van der Waals surface area contributed by atoms with Crippen LogP contribution in [0.1, 0.15) is 47.9 Å². The van der Waals surface area contributed by atoms with Crippen molar-refractivity contribution in [2.24, 2.45) is 10.2 Å². The lowest BCUT2D eigenvalue weighted by atomic mass is 10.2. The Morgan fingerprint density at radius 3 is 1.33 bits per heavy atom. The van der Waals surface area contributed by atoms with Crippen LogP contribution in [0.5, 0.6) is 0 Å². The molecule has 0 aliphatic heterocycles. The van der Waals surface area contributed by atoms with Crippen LogP contribution in [-0.4, -0.2) is 36.1 Å². The minimum Gasteiger partial charge on any atom is -0.326 e. The molecule has 3 rings (SSSR count). The van der Waals surface area contributed by atoms with Gasteiger partial charge in [-0.3, -0.25) is 19.2 Å². The van der Waals surface area contributed by atoms with Crippen molar-refractivity contribution in [2.75, 3.05) is 10.6 Å². The molecule has 4 amide bonds. The van der Waals surface area contributed by atoms with Gasteiger partial charge in [0.05, 0.1) is 12.4 Å². The van der Waals surface area contributed by atoms with Crippen LogP contribution in [0.25, 0.3) is 0 Å². The summed E-state index contributed by atoms with van der Waals surface area (Å²) in [5.74, 6) is -1.41. The smallest absolute Gasteiger partial charge is 0.240 e. The van der Waals surface area contributed by atoms with Gasteiger partial charge in [0.1, 0.15) is 0 Å². The molecule has 3 aromatic rings. The van der Waals surface area contributed by atoms with Gasteiger partial charge in [-0.15, -0.1) is 0 Å². The Balaban J connectivity index is 1.34. The topological polar surface area (TPSA) is 141 Å².